The zero-order valence-electron chi connectivity index (χ0n) is 9.50. The van der Waals surface area contributed by atoms with Gasteiger partial charge in [-0.3, -0.25) is 0 Å². The lowest BCUT2D eigenvalue weighted by atomic mass is 9.98. The van der Waals surface area contributed by atoms with Gasteiger partial charge in [-0.05, 0) is 12.8 Å². The average molecular weight is 237 g/mol. The molecule has 0 spiro atoms. The first-order chi connectivity index (χ1) is 7.68. The average Bonchev–Trinajstić information content (AvgIpc) is 2.27. The molecule has 0 aromatic rings. The molecule has 1 rings (SSSR count). The molecule has 0 aromatic heterocycles. The number of alkyl halides is 2. The van der Waals surface area contributed by atoms with Gasteiger partial charge in [0.1, 0.15) is 0 Å². The van der Waals surface area contributed by atoms with E-state index in [1.807, 2.05) is 0 Å². The predicted molar refractivity (Wildman–Crippen MR) is 57.7 cm³/mol. The highest BCUT2D eigenvalue weighted by Crippen LogP contribution is 2.20. The minimum Gasteiger partial charge on any atom is -0.389 e. The van der Waals surface area contributed by atoms with Gasteiger partial charge >= 0.3 is 0 Å². The maximum absolute atomic E-state index is 11.8. The fourth-order valence-electron chi connectivity index (χ4n) is 1.90. The summed E-state index contributed by atoms with van der Waals surface area (Å²) in [7, 11) is 0. The molecule has 1 unspecified atom stereocenters. The summed E-state index contributed by atoms with van der Waals surface area (Å²) >= 11 is 0. The van der Waals surface area contributed by atoms with Crippen LogP contribution in [0.2, 0.25) is 0 Å². The lowest BCUT2D eigenvalue weighted by Crippen LogP contribution is -2.34. The minimum atomic E-state index is -2.37. The van der Waals surface area contributed by atoms with Gasteiger partial charge in [0.15, 0.2) is 0 Å². The van der Waals surface area contributed by atoms with Gasteiger partial charge in [-0.25, -0.2) is 8.78 Å². The van der Waals surface area contributed by atoms with Crippen molar-refractivity contribution in [2.75, 3.05) is 19.7 Å². The molecule has 1 aliphatic rings. The molecule has 5 heteroatoms. The van der Waals surface area contributed by atoms with Crippen molar-refractivity contribution in [3.63, 3.8) is 0 Å². The smallest absolute Gasteiger partial charge is 0.250 e. The second-order valence-corrected chi connectivity index (χ2v) is 4.30. The lowest BCUT2D eigenvalue weighted by Gasteiger charge is -2.23. The van der Waals surface area contributed by atoms with E-state index < -0.39 is 12.5 Å². The summed E-state index contributed by atoms with van der Waals surface area (Å²) < 4.78 is 29.1. The van der Waals surface area contributed by atoms with Crippen molar-refractivity contribution in [2.45, 2.75) is 50.7 Å². The third-order valence-electron chi connectivity index (χ3n) is 2.76. The predicted octanol–water partition coefficient (Wildman–Crippen LogP) is 1.55. The van der Waals surface area contributed by atoms with Crippen LogP contribution in [0.25, 0.3) is 0 Å². The molecule has 0 bridgehead atoms. The summed E-state index contributed by atoms with van der Waals surface area (Å²) in [5.41, 5.74) is 0. The molecule has 1 fully saturated rings. The summed E-state index contributed by atoms with van der Waals surface area (Å²) in [5.74, 6) is 0. The molecule has 0 aliphatic heterocycles. The van der Waals surface area contributed by atoms with Crippen molar-refractivity contribution >= 4 is 0 Å². The number of halogens is 2. The topological polar surface area (TPSA) is 41.5 Å². The van der Waals surface area contributed by atoms with Crippen LogP contribution in [-0.2, 0) is 4.74 Å². The molecule has 0 aromatic carbocycles. The standard InChI is InChI=1S/C11H21F2NO2/c12-11(13)7-14-6-9(15)8-16-10-4-2-1-3-5-10/h9-11,14-15H,1-8H2. The Balaban J connectivity index is 1.98. The Morgan fingerprint density at radius 2 is 1.88 bits per heavy atom. The highest BCUT2D eigenvalue weighted by Gasteiger charge is 2.15. The van der Waals surface area contributed by atoms with E-state index in [4.69, 9.17) is 4.74 Å². The van der Waals surface area contributed by atoms with Crippen LogP contribution in [0.15, 0.2) is 0 Å². The molecule has 2 N–H and O–H groups in total. The van der Waals surface area contributed by atoms with Crippen LogP contribution < -0.4 is 5.32 Å². The number of hydrogen-bond acceptors (Lipinski definition) is 3. The van der Waals surface area contributed by atoms with Crippen molar-refractivity contribution in [1.29, 1.82) is 0 Å². The molecule has 1 aliphatic carbocycles. The van der Waals surface area contributed by atoms with Gasteiger partial charge in [-0.15, -0.1) is 0 Å². The van der Waals surface area contributed by atoms with E-state index in [0.29, 0.717) is 0 Å². The van der Waals surface area contributed by atoms with E-state index in [0.717, 1.165) is 12.8 Å². The summed E-state index contributed by atoms with van der Waals surface area (Å²) in [5, 5.41) is 12.0. The van der Waals surface area contributed by atoms with Crippen LogP contribution in [0.1, 0.15) is 32.1 Å². The first-order valence-electron chi connectivity index (χ1n) is 5.97. The van der Waals surface area contributed by atoms with Crippen LogP contribution in [0, 0.1) is 0 Å². The molecule has 1 saturated carbocycles. The Kier molecular flexibility index (Phi) is 6.84. The van der Waals surface area contributed by atoms with Gasteiger partial charge in [-0.1, -0.05) is 19.3 Å². The van der Waals surface area contributed by atoms with E-state index in [2.05, 4.69) is 5.32 Å². The molecule has 0 saturated heterocycles. The fraction of sp³-hybridized carbons (Fsp3) is 1.00. The Morgan fingerprint density at radius 1 is 1.19 bits per heavy atom. The molecule has 0 heterocycles. The van der Waals surface area contributed by atoms with Crippen molar-refractivity contribution in [3.8, 4) is 0 Å². The minimum absolute atomic E-state index is 0.164. The van der Waals surface area contributed by atoms with Gasteiger partial charge in [-0.2, -0.15) is 0 Å². The van der Waals surface area contributed by atoms with E-state index in [1.54, 1.807) is 0 Å². The summed E-state index contributed by atoms with van der Waals surface area (Å²) in [6.07, 6.45) is 2.92. The van der Waals surface area contributed by atoms with E-state index >= 15 is 0 Å². The highest BCUT2D eigenvalue weighted by atomic mass is 19.3. The zero-order chi connectivity index (χ0) is 11.8. The second kappa shape index (κ2) is 7.92. The maximum Gasteiger partial charge on any atom is 0.250 e. The Hall–Kier alpha value is -0.260. The summed E-state index contributed by atoms with van der Waals surface area (Å²) in [4.78, 5) is 0. The second-order valence-electron chi connectivity index (χ2n) is 4.30. The number of hydrogen-bond donors (Lipinski definition) is 2. The van der Waals surface area contributed by atoms with Crippen LogP contribution >= 0.6 is 0 Å². The molecule has 3 nitrogen and oxygen atoms in total. The van der Waals surface area contributed by atoms with Crippen LogP contribution in [0.5, 0.6) is 0 Å². The third-order valence-corrected chi connectivity index (χ3v) is 2.76. The first kappa shape index (κ1) is 13.8. The van der Waals surface area contributed by atoms with Crippen molar-refractivity contribution < 1.29 is 18.6 Å². The lowest BCUT2D eigenvalue weighted by molar-refractivity contribution is -0.0237. The molecule has 1 atom stereocenters. The largest absolute Gasteiger partial charge is 0.389 e. The maximum atomic E-state index is 11.8. The normalized spacial score (nSPS) is 20.2. The fourth-order valence-corrected chi connectivity index (χ4v) is 1.90. The van der Waals surface area contributed by atoms with Gasteiger partial charge in [0.05, 0.1) is 25.4 Å². The molecular formula is C11H21F2NO2. The molecule has 0 radical (unpaired) electrons. The molecule has 16 heavy (non-hydrogen) atoms. The van der Waals surface area contributed by atoms with Crippen molar-refractivity contribution in [1.82, 2.24) is 5.32 Å². The summed E-state index contributed by atoms with van der Waals surface area (Å²) in [6.45, 7) is 0.0262. The quantitative estimate of drug-likeness (QED) is 0.706. The number of ether oxygens (including phenoxy) is 1. The van der Waals surface area contributed by atoms with E-state index in [-0.39, 0.29) is 25.8 Å². The third kappa shape index (κ3) is 6.35. The Labute approximate surface area is 95.2 Å². The summed E-state index contributed by atoms with van der Waals surface area (Å²) in [6, 6.07) is 0. The Morgan fingerprint density at radius 3 is 2.50 bits per heavy atom. The van der Waals surface area contributed by atoms with Gasteiger partial charge < -0.3 is 15.2 Å². The monoisotopic (exact) mass is 237 g/mol. The van der Waals surface area contributed by atoms with Crippen LogP contribution in [0.3, 0.4) is 0 Å². The molecular weight excluding hydrogens is 216 g/mol. The van der Waals surface area contributed by atoms with Gasteiger partial charge in [0.2, 0.25) is 0 Å². The zero-order valence-corrected chi connectivity index (χ0v) is 9.50. The van der Waals surface area contributed by atoms with Gasteiger partial charge in [0.25, 0.3) is 6.43 Å². The van der Waals surface area contributed by atoms with Gasteiger partial charge in [0, 0.05) is 6.54 Å². The highest BCUT2D eigenvalue weighted by molar-refractivity contribution is 4.67. The van der Waals surface area contributed by atoms with Crippen molar-refractivity contribution in [3.05, 3.63) is 0 Å². The Bertz CT molecular complexity index is 175. The van der Waals surface area contributed by atoms with Crippen LogP contribution in [0.4, 0.5) is 8.78 Å². The van der Waals surface area contributed by atoms with E-state index in [1.165, 1.54) is 19.3 Å². The van der Waals surface area contributed by atoms with E-state index in [9.17, 15) is 13.9 Å². The van der Waals surface area contributed by atoms with Crippen molar-refractivity contribution in [2.24, 2.45) is 0 Å². The molecule has 0 amide bonds. The first-order valence-corrected chi connectivity index (χ1v) is 5.97. The molecule has 96 valence electrons. The number of rotatable bonds is 7. The SMILES string of the molecule is OC(CNCC(F)F)COC1CCCCC1. The number of nitrogens with one attached hydrogen (secondary N) is 1. The number of aliphatic hydroxyl groups is 1. The number of aliphatic hydroxyl groups excluding tert-OH is 1. The van der Waals surface area contributed by atoms with Crippen LogP contribution in [-0.4, -0.2) is 43.4 Å².